The van der Waals surface area contributed by atoms with Crippen LogP contribution in [0.15, 0.2) is 225 Å². The molecule has 6 aromatic rings. The smallest absolute Gasteiger partial charge is 0.180 e. The van der Waals surface area contributed by atoms with Crippen LogP contribution in [0.4, 0.5) is 0 Å². The average molecular weight is 797 g/mol. The van der Waals surface area contributed by atoms with E-state index in [4.69, 9.17) is 0 Å². The van der Waals surface area contributed by atoms with Crippen LogP contribution in [0.3, 0.4) is 0 Å². The Bertz CT molecular complexity index is 1290. The molecule has 0 atom stereocenters. The monoisotopic (exact) mass is 796 g/mol. The number of thiophene rings is 1. The van der Waals surface area contributed by atoms with E-state index in [1.165, 1.54) is 36.8 Å². The van der Waals surface area contributed by atoms with Crippen molar-refractivity contribution in [3.8, 4) is 0 Å². The summed E-state index contributed by atoms with van der Waals surface area (Å²) in [5.41, 5.74) is 1.79. The molecule has 0 bridgehead atoms. The Morgan fingerprint density at radius 1 is 0.509 bits per heavy atom. The van der Waals surface area contributed by atoms with E-state index in [-0.39, 0.29) is 0 Å². The maximum Gasteiger partial charge on any atom is 0.180 e. The van der Waals surface area contributed by atoms with Gasteiger partial charge in [-0.15, -0.1) is 11.3 Å². The molecule has 11 rings (SSSR count). The fourth-order valence-corrected chi connectivity index (χ4v) is 3.79. The van der Waals surface area contributed by atoms with Gasteiger partial charge in [-0.1, -0.05) is 48.6 Å². The number of aromatic nitrogens is 4. The average Bonchev–Trinajstić information content (AvgIpc) is 4.11. The molecule has 6 aromatic heterocycles. The second kappa shape index (κ2) is 43.8. The van der Waals surface area contributed by atoms with Crippen molar-refractivity contribution >= 4 is 59.1 Å². The van der Waals surface area contributed by atoms with Gasteiger partial charge in [-0.25, -0.2) is 14.3 Å². The summed E-state index contributed by atoms with van der Waals surface area (Å²) in [7, 11) is 0. The summed E-state index contributed by atoms with van der Waals surface area (Å²) in [6.45, 7) is 1.67. The van der Waals surface area contributed by atoms with Crippen LogP contribution in [0.5, 0.6) is 0 Å². The van der Waals surface area contributed by atoms with Gasteiger partial charge in [-0.05, 0) is 59.1 Å². The summed E-state index contributed by atoms with van der Waals surface area (Å²) >= 11 is 4.78. The van der Waals surface area contributed by atoms with Crippen LogP contribution in [0, 0.1) is 0 Å². The zero-order valence-corrected chi connectivity index (χ0v) is 32.5. The summed E-state index contributed by atoms with van der Waals surface area (Å²) in [6, 6.07) is 9.61. The predicted molar refractivity (Wildman–Crippen MR) is 228 cm³/mol. The molecular weight excluding hydrogens is 753 g/mol. The molecule has 10 heterocycles. The SMILES string of the molecule is C1=CCC=C1.C1=CCN=C1.C1=CN=CC1.C1=CN=NC1.C1=NN=CC1.c1ccoc1.c1ccsc1.c1cnsc1.c1cocn1.c1cocn1.c1cscn1. The van der Waals surface area contributed by atoms with Crippen molar-refractivity contribution in [2.24, 2.45) is 30.4 Å². The van der Waals surface area contributed by atoms with Gasteiger partial charge in [0.1, 0.15) is 12.5 Å². The second-order valence-corrected chi connectivity index (χ2v) is 11.2. The highest BCUT2D eigenvalue weighted by molar-refractivity contribution is 7.07. The van der Waals surface area contributed by atoms with E-state index in [1.54, 1.807) is 96.5 Å². The van der Waals surface area contributed by atoms with Gasteiger partial charge >= 0.3 is 0 Å². The number of rotatable bonds is 0. The lowest BCUT2D eigenvalue weighted by Gasteiger charge is -1.60. The van der Waals surface area contributed by atoms with Gasteiger partial charge in [-0.3, -0.25) is 15.0 Å². The van der Waals surface area contributed by atoms with Crippen LogP contribution in [-0.2, 0) is 0 Å². The molecule has 16 heteroatoms. The minimum Gasteiger partial charge on any atom is -0.473 e. The number of furan rings is 1. The molecule has 0 unspecified atom stereocenters. The van der Waals surface area contributed by atoms with Crippen LogP contribution in [0.1, 0.15) is 19.3 Å². The van der Waals surface area contributed by atoms with Crippen molar-refractivity contribution in [3.05, 3.63) is 181 Å². The summed E-state index contributed by atoms with van der Waals surface area (Å²) in [6.07, 6.45) is 45.8. The topological polar surface area (TPSA) is 165 Å². The second-order valence-electron chi connectivity index (χ2n) is 8.94. The number of nitrogens with zero attached hydrogens (tertiary/aromatic N) is 10. The van der Waals surface area contributed by atoms with Crippen molar-refractivity contribution in [3.63, 3.8) is 0 Å². The first-order valence-corrected chi connectivity index (χ1v) is 19.2. The van der Waals surface area contributed by atoms with Crippen LogP contribution in [0.2, 0.25) is 0 Å². The van der Waals surface area contributed by atoms with Crippen LogP contribution in [-0.4, -0.2) is 57.3 Å². The molecule has 5 aliphatic rings. The fourth-order valence-electron chi connectivity index (χ4n) is 2.63. The largest absolute Gasteiger partial charge is 0.473 e. The van der Waals surface area contributed by atoms with E-state index in [0.29, 0.717) is 0 Å². The van der Waals surface area contributed by atoms with Crippen LogP contribution in [0.25, 0.3) is 0 Å². The molecule has 0 amide bonds. The molecule has 55 heavy (non-hydrogen) atoms. The molecule has 0 fully saturated rings. The predicted octanol–water partition coefficient (Wildman–Crippen LogP) is 11.2. The van der Waals surface area contributed by atoms with E-state index < -0.39 is 0 Å². The van der Waals surface area contributed by atoms with E-state index in [9.17, 15) is 0 Å². The van der Waals surface area contributed by atoms with Crippen LogP contribution < -0.4 is 0 Å². The highest BCUT2D eigenvalue weighted by Crippen LogP contribution is 1.93. The van der Waals surface area contributed by atoms with E-state index in [1.807, 2.05) is 82.4 Å². The summed E-state index contributed by atoms with van der Waals surface area (Å²) < 4.78 is 17.3. The maximum atomic E-state index is 4.58. The first-order chi connectivity index (χ1) is 27.5. The lowest BCUT2D eigenvalue weighted by molar-refractivity contribution is 0.557. The van der Waals surface area contributed by atoms with E-state index >= 15 is 0 Å². The summed E-state index contributed by atoms with van der Waals surface area (Å²) in [5.74, 6) is 0. The Kier molecular flexibility index (Phi) is 37.2. The van der Waals surface area contributed by atoms with Crippen molar-refractivity contribution in [2.45, 2.75) is 19.3 Å². The van der Waals surface area contributed by atoms with E-state index in [0.717, 1.165) is 32.4 Å². The van der Waals surface area contributed by atoms with Crippen molar-refractivity contribution in [1.29, 1.82) is 0 Å². The standard InChI is InChI=1S/C5H6.2C4H5N.C4H4O.C4H4S.2C3H4N2.2C3H3NO.2C3H3NS/c7*1-2-4-5-3-1;3*1-2-5-3-4-1;1-2-4-5-3-1/h1-4H,5H2;1,3-4H,2H2;1-3H,4H2;2*1-4H;2-3H,1H2;1-2H,3H2;4*1-3H. The summed E-state index contributed by atoms with van der Waals surface area (Å²) in [4.78, 5) is 18.5. The third-order valence-corrected chi connectivity index (χ3v) is 6.53. The maximum absolute atomic E-state index is 4.58. The van der Waals surface area contributed by atoms with Gasteiger partial charge in [0.15, 0.2) is 12.8 Å². The van der Waals surface area contributed by atoms with Gasteiger partial charge in [-0.2, -0.15) is 31.8 Å². The molecule has 0 N–H and O–H groups in total. The number of oxazole rings is 2. The van der Waals surface area contributed by atoms with Crippen molar-refractivity contribution in [1.82, 2.24) is 19.3 Å². The fraction of sp³-hybridized carbons (Fsp3) is 0.128. The lowest BCUT2D eigenvalue weighted by Crippen LogP contribution is -1.60. The number of thiazole rings is 1. The first kappa shape index (κ1) is 46.7. The highest BCUT2D eigenvalue weighted by Gasteiger charge is 1.76. The minimum atomic E-state index is 0.778. The van der Waals surface area contributed by atoms with Crippen molar-refractivity contribution < 1.29 is 13.3 Å². The van der Waals surface area contributed by atoms with Gasteiger partial charge in [0, 0.05) is 73.3 Å². The number of hydrogen-bond donors (Lipinski definition) is 0. The van der Waals surface area contributed by atoms with Gasteiger partial charge in [0.25, 0.3) is 0 Å². The quantitative estimate of drug-likeness (QED) is 0.147. The number of aliphatic imine (C=N–C) groups is 2. The van der Waals surface area contributed by atoms with Gasteiger partial charge in [0.2, 0.25) is 0 Å². The molecule has 13 nitrogen and oxygen atoms in total. The highest BCUT2D eigenvalue weighted by atomic mass is 32.1. The first-order valence-electron chi connectivity index (χ1n) is 16.4. The molecule has 4 aliphatic heterocycles. The van der Waals surface area contributed by atoms with Gasteiger partial charge < -0.3 is 13.3 Å². The van der Waals surface area contributed by atoms with Crippen LogP contribution >= 0.6 is 34.2 Å². The molecule has 0 spiro atoms. The van der Waals surface area contributed by atoms with E-state index in [2.05, 4.69) is 87.3 Å². The molecule has 0 saturated heterocycles. The zero-order valence-electron chi connectivity index (χ0n) is 30.1. The molecule has 0 saturated carbocycles. The third-order valence-electron chi connectivity index (χ3n) is 4.85. The lowest BCUT2D eigenvalue weighted by atomic mass is 10.5. The van der Waals surface area contributed by atoms with Gasteiger partial charge in [0.05, 0.1) is 43.5 Å². The molecular formula is C39H44N10O3S3. The zero-order chi connectivity index (χ0) is 38.9. The Morgan fingerprint density at radius 3 is 1.45 bits per heavy atom. The Labute approximate surface area is 334 Å². The molecule has 0 aromatic carbocycles. The third kappa shape index (κ3) is 41.9. The Hall–Kier alpha value is -6.36. The molecule has 1 aliphatic carbocycles. The normalized spacial score (nSPS) is 12.4. The number of azo groups is 1. The number of allylic oxidation sites excluding steroid dienone is 6. The summed E-state index contributed by atoms with van der Waals surface area (Å²) in [5, 5.41) is 22.1. The van der Waals surface area contributed by atoms with Crippen molar-refractivity contribution in [2.75, 3.05) is 13.1 Å². The Balaban J connectivity index is 0.000000302. The molecule has 0 radical (unpaired) electrons. The minimum absolute atomic E-state index is 0.778. The molecule has 286 valence electrons. The number of hydrogen-bond acceptors (Lipinski definition) is 16. The Morgan fingerprint density at radius 2 is 1.27 bits per heavy atom.